The number of aromatic carboxylic acids is 1. The molecule has 0 heterocycles. The SMILES string of the molecule is O=C(O)c1ccc(F)c(NS(=O)(=O)c2c(Cl)cccc2C(F)(F)F)c1. The summed E-state index contributed by atoms with van der Waals surface area (Å²) in [7, 11) is -4.96. The fourth-order valence-corrected chi connectivity index (χ4v) is 3.76. The molecule has 0 spiro atoms. The van der Waals surface area contributed by atoms with Crippen molar-refractivity contribution in [3.05, 3.63) is 58.4 Å². The molecule has 0 saturated heterocycles. The minimum Gasteiger partial charge on any atom is -0.478 e. The Kier molecular flexibility index (Phi) is 4.96. The number of hydrogen-bond acceptors (Lipinski definition) is 3. The summed E-state index contributed by atoms with van der Waals surface area (Å²) in [4.78, 5) is 9.58. The molecule has 0 radical (unpaired) electrons. The number of hydrogen-bond donors (Lipinski definition) is 2. The molecule has 25 heavy (non-hydrogen) atoms. The van der Waals surface area contributed by atoms with Crippen LogP contribution in [0.1, 0.15) is 15.9 Å². The van der Waals surface area contributed by atoms with E-state index in [1.165, 1.54) is 0 Å². The number of carboxylic acid groups (broad SMARTS) is 1. The van der Waals surface area contributed by atoms with E-state index in [9.17, 15) is 30.8 Å². The Labute approximate surface area is 143 Å². The van der Waals surface area contributed by atoms with Crippen LogP contribution in [0.2, 0.25) is 5.02 Å². The summed E-state index contributed by atoms with van der Waals surface area (Å²) in [6.45, 7) is 0. The van der Waals surface area contributed by atoms with E-state index in [1.807, 2.05) is 0 Å². The number of sulfonamides is 1. The molecule has 2 N–H and O–H groups in total. The van der Waals surface area contributed by atoms with Crippen LogP contribution in [0, 0.1) is 5.82 Å². The van der Waals surface area contributed by atoms with Crippen molar-refractivity contribution in [3.63, 3.8) is 0 Å². The largest absolute Gasteiger partial charge is 0.478 e. The third-order valence-electron chi connectivity index (χ3n) is 3.00. The van der Waals surface area contributed by atoms with E-state index in [4.69, 9.17) is 16.7 Å². The average Bonchev–Trinajstić information content (AvgIpc) is 2.47. The Hall–Kier alpha value is -2.33. The lowest BCUT2D eigenvalue weighted by Gasteiger charge is -2.16. The molecule has 0 aliphatic heterocycles. The van der Waals surface area contributed by atoms with E-state index in [-0.39, 0.29) is 0 Å². The summed E-state index contributed by atoms with van der Waals surface area (Å²) < 4.78 is 79.1. The van der Waals surface area contributed by atoms with Crippen LogP contribution in [0.25, 0.3) is 0 Å². The van der Waals surface area contributed by atoms with Crippen molar-refractivity contribution < 1.29 is 35.9 Å². The number of nitrogens with one attached hydrogen (secondary N) is 1. The van der Waals surface area contributed by atoms with Crippen molar-refractivity contribution in [1.82, 2.24) is 0 Å². The molecule has 0 aromatic heterocycles. The molecule has 0 fully saturated rings. The van der Waals surface area contributed by atoms with E-state index in [1.54, 1.807) is 4.72 Å². The first-order valence-corrected chi connectivity index (χ1v) is 8.21. The Morgan fingerprint density at radius 3 is 2.36 bits per heavy atom. The molecule has 5 nitrogen and oxygen atoms in total. The van der Waals surface area contributed by atoms with Crippen LogP contribution in [0.5, 0.6) is 0 Å². The van der Waals surface area contributed by atoms with Gasteiger partial charge in [-0.1, -0.05) is 17.7 Å². The third kappa shape index (κ3) is 4.02. The second kappa shape index (κ2) is 6.52. The number of halogens is 5. The fourth-order valence-electron chi connectivity index (χ4n) is 1.94. The second-order valence-corrected chi connectivity index (χ2v) is 6.75. The lowest BCUT2D eigenvalue weighted by molar-refractivity contribution is -0.139. The van der Waals surface area contributed by atoms with Gasteiger partial charge in [0.15, 0.2) is 0 Å². The fraction of sp³-hybridized carbons (Fsp3) is 0.0714. The van der Waals surface area contributed by atoms with Crippen LogP contribution < -0.4 is 4.72 Å². The van der Waals surface area contributed by atoms with E-state index in [2.05, 4.69) is 0 Å². The zero-order valence-electron chi connectivity index (χ0n) is 11.9. The monoisotopic (exact) mass is 397 g/mol. The number of benzene rings is 2. The van der Waals surface area contributed by atoms with Gasteiger partial charge in [-0.25, -0.2) is 17.6 Å². The zero-order valence-corrected chi connectivity index (χ0v) is 13.5. The van der Waals surface area contributed by atoms with Crippen molar-refractivity contribution in [2.24, 2.45) is 0 Å². The molecule has 0 aliphatic carbocycles. The van der Waals surface area contributed by atoms with Gasteiger partial charge in [-0.3, -0.25) is 4.72 Å². The number of carboxylic acids is 1. The standard InChI is InChI=1S/C14H8ClF4NO4S/c15-9-3-1-2-8(14(17,18)19)12(9)25(23,24)20-11-6-7(13(21)22)4-5-10(11)16/h1-6,20H,(H,21,22). The first kappa shape index (κ1) is 19.0. The van der Waals surface area contributed by atoms with Crippen LogP contribution in [-0.2, 0) is 16.2 Å². The van der Waals surface area contributed by atoms with Crippen molar-refractivity contribution >= 4 is 33.3 Å². The maximum Gasteiger partial charge on any atom is 0.417 e. The molecule has 0 saturated carbocycles. The number of rotatable bonds is 4. The molecule has 0 aliphatic rings. The van der Waals surface area contributed by atoms with Crippen LogP contribution in [0.3, 0.4) is 0 Å². The van der Waals surface area contributed by atoms with Gasteiger partial charge in [-0.2, -0.15) is 13.2 Å². The number of alkyl halides is 3. The van der Waals surface area contributed by atoms with Gasteiger partial charge in [0.05, 0.1) is 21.8 Å². The van der Waals surface area contributed by atoms with Gasteiger partial charge in [-0.15, -0.1) is 0 Å². The maximum atomic E-state index is 13.7. The summed E-state index contributed by atoms with van der Waals surface area (Å²) in [5.41, 5.74) is -2.83. The normalized spacial score (nSPS) is 12.0. The molecule has 0 unspecified atom stereocenters. The number of anilines is 1. The molecule has 2 aromatic rings. The molecule has 0 bridgehead atoms. The van der Waals surface area contributed by atoms with Crippen molar-refractivity contribution in [2.45, 2.75) is 11.1 Å². The van der Waals surface area contributed by atoms with Crippen LogP contribution in [0.15, 0.2) is 41.3 Å². The predicted molar refractivity (Wildman–Crippen MR) is 80.6 cm³/mol. The summed E-state index contributed by atoms with van der Waals surface area (Å²) >= 11 is 5.60. The Bertz CT molecular complexity index is 944. The highest BCUT2D eigenvalue weighted by molar-refractivity contribution is 7.92. The Morgan fingerprint density at radius 2 is 1.80 bits per heavy atom. The first-order valence-electron chi connectivity index (χ1n) is 6.35. The Balaban J connectivity index is 2.59. The van der Waals surface area contributed by atoms with E-state index < -0.39 is 54.7 Å². The van der Waals surface area contributed by atoms with E-state index >= 15 is 0 Å². The van der Waals surface area contributed by atoms with Gasteiger partial charge in [0, 0.05) is 0 Å². The zero-order chi connectivity index (χ0) is 19.0. The van der Waals surface area contributed by atoms with E-state index in [0.29, 0.717) is 18.2 Å². The average molecular weight is 398 g/mol. The first-order chi connectivity index (χ1) is 11.4. The van der Waals surface area contributed by atoms with Crippen molar-refractivity contribution in [2.75, 3.05) is 4.72 Å². The summed E-state index contributed by atoms with van der Waals surface area (Å²) in [5.74, 6) is -2.65. The van der Waals surface area contributed by atoms with Crippen molar-refractivity contribution in [1.29, 1.82) is 0 Å². The molecule has 2 aromatic carbocycles. The predicted octanol–water partition coefficient (Wildman–Crippen LogP) is 4.00. The summed E-state index contributed by atoms with van der Waals surface area (Å²) in [6.07, 6.45) is -5.03. The topological polar surface area (TPSA) is 83.5 Å². The van der Waals surface area contributed by atoms with Gasteiger partial charge >= 0.3 is 12.1 Å². The highest BCUT2D eigenvalue weighted by Crippen LogP contribution is 2.38. The molecule has 0 amide bonds. The summed E-state index contributed by atoms with van der Waals surface area (Å²) in [5, 5.41) is 8.12. The highest BCUT2D eigenvalue weighted by Gasteiger charge is 2.38. The van der Waals surface area contributed by atoms with Gasteiger partial charge in [-0.05, 0) is 30.3 Å². The quantitative estimate of drug-likeness (QED) is 0.764. The molecule has 134 valence electrons. The molecular weight excluding hydrogens is 390 g/mol. The maximum absolute atomic E-state index is 13.7. The molecule has 2 rings (SSSR count). The minimum atomic E-state index is -5.03. The summed E-state index contributed by atoms with van der Waals surface area (Å²) in [6, 6.07) is 4.51. The lowest BCUT2D eigenvalue weighted by atomic mass is 10.2. The van der Waals surface area contributed by atoms with Gasteiger partial charge in [0.25, 0.3) is 10.0 Å². The van der Waals surface area contributed by atoms with E-state index in [0.717, 1.165) is 18.2 Å². The highest BCUT2D eigenvalue weighted by atomic mass is 35.5. The molecule has 11 heteroatoms. The molecule has 0 atom stereocenters. The van der Waals surface area contributed by atoms with Crippen LogP contribution in [0.4, 0.5) is 23.2 Å². The Morgan fingerprint density at radius 1 is 1.16 bits per heavy atom. The molecular formula is C14H8ClF4NO4S. The minimum absolute atomic E-state index is 0.464. The number of carbonyl (C=O) groups is 1. The van der Waals surface area contributed by atoms with Gasteiger partial charge < -0.3 is 5.11 Å². The lowest BCUT2D eigenvalue weighted by Crippen LogP contribution is -2.20. The third-order valence-corrected chi connectivity index (χ3v) is 4.89. The van der Waals surface area contributed by atoms with Gasteiger partial charge in [0.2, 0.25) is 0 Å². The second-order valence-electron chi connectivity index (χ2n) is 4.72. The van der Waals surface area contributed by atoms with Crippen molar-refractivity contribution in [3.8, 4) is 0 Å². The smallest absolute Gasteiger partial charge is 0.417 e. The van der Waals surface area contributed by atoms with Crippen LogP contribution >= 0.6 is 11.6 Å². The van der Waals surface area contributed by atoms with Crippen LogP contribution in [-0.4, -0.2) is 19.5 Å². The van der Waals surface area contributed by atoms with Gasteiger partial charge in [0.1, 0.15) is 10.7 Å².